The van der Waals surface area contributed by atoms with Crippen LogP contribution in [-0.4, -0.2) is 78.9 Å². The molecule has 1 aromatic carbocycles. The summed E-state index contributed by atoms with van der Waals surface area (Å²) in [5.74, 6) is -1.55. The van der Waals surface area contributed by atoms with E-state index in [-0.39, 0.29) is 46.8 Å². The smallest absolute Gasteiger partial charge is 0.248 e. The number of halogens is 2. The molecule has 2 aromatic rings. The van der Waals surface area contributed by atoms with Gasteiger partial charge < -0.3 is 14.3 Å². The number of piperidine rings is 3. The van der Waals surface area contributed by atoms with Crippen LogP contribution < -0.4 is 0 Å². The van der Waals surface area contributed by atoms with Crippen molar-refractivity contribution in [2.45, 2.75) is 62.8 Å². The standard InChI is InChI=1S/C28H36F2N4O4S/c1-20-27(26(38-31-20)8-6-21-5-7-23(29)19-25(21)30)39(36,37)34-17-9-22(10-18-34)28(35)33-15-11-24(12-16-33)32-13-3-2-4-14-32/h5-8,19,22,24H,2-4,9-18H2,1H3. The van der Waals surface area contributed by atoms with E-state index in [2.05, 4.69) is 10.1 Å². The van der Waals surface area contributed by atoms with Crippen molar-refractivity contribution in [3.63, 3.8) is 0 Å². The van der Waals surface area contributed by atoms with E-state index in [0.717, 1.165) is 51.2 Å². The number of nitrogens with zero attached hydrogens (tertiary/aromatic N) is 4. The highest BCUT2D eigenvalue weighted by atomic mass is 32.2. The maximum absolute atomic E-state index is 14.0. The average molecular weight is 563 g/mol. The number of sulfonamides is 1. The number of hydrogen-bond donors (Lipinski definition) is 0. The monoisotopic (exact) mass is 562 g/mol. The molecule has 3 aliphatic heterocycles. The number of likely N-dealkylation sites (tertiary alicyclic amines) is 2. The quantitative estimate of drug-likeness (QED) is 0.522. The second-order valence-electron chi connectivity index (χ2n) is 10.8. The summed E-state index contributed by atoms with van der Waals surface area (Å²) in [6.07, 6.45) is 9.42. The average Bonchev–Trinajstić information content (AvgIpc) is 3.33. The van der Waals surface area contributed by atoms with Gasteiger partial charge in [0.1, 0.15) is 17.3 Å². The molecule has 0 atom stereocenters. The lowest BCUT2D eigenvalue weighted by molar-refractivity contribution is -0.138. The van der Waals surface area contributed by atoms with Gasteiger partial charge in [0.25, 0.3) is 0 Å². The van der Waals surface area contributed by atoms with E-state index < -0.39 is 21.7 Å². The van der Waals surface area contributed by atoms with E-state index in [1.54, 1.807) is 0 Å². The maximum atomic E-state index is 14.0. The minimum Gasteiger partial charge on any atom is -0.355 e. The van der Waals surface area contributed by atoms with Gasteiger partial charge in [-0.05, 0) is 82.8 Å². The first-order valence-electron chi connectivity index (χ1n) is 13.9. The van der Waals surface area contributed by atoms with Crippen LogP contribution in [0.5, 0.6) is 0 Å². The fraction of sp³-hybridized carbons (Fsp3) is 0.571. The molecule has 8 nitrogen and oxygen atoms in total. The third-order valence-electron chi connectivity index (χ3n) is 8.29. The molecule has 0 radical (unpaired) electrons. The Bertz CT molecular complexity index is 1310. The second kappa shape index (κ2) is 11.9. The molecule has 3 aliphatic rings. The highest BCUT2D eigenvalue weighted by Crippen LogP contribution is 2.31. The van der Waals surface area contributed by atoms with Crippen molar-refractivity contribution in [2.75, 3.05) is 39.3 Å². The molecule has 39 heavy (non-hydrogen) atoms. The third-order valence-corrected chi connectivity index (χ3v) is 10.4. The van der Waals surface area contributed by atoms with E-state index in [9.17, 15) is 22.0 Å². The molecular weight excluding hydrogens is 526 g/mol. The van der Waals surface area contributed by atoms with E-state index >= 15 is 0 Å². The first-order valence-corrected chi connectivity index (χ1v) is 15.3. The molecule has 11 heteroatoms. The van der Waals surface area contributed by atoms with Crippen LogP contribution in [0, 0.1) is 24.5 Å². The summed E-state index contributed by atoms with van der Waals surface area (Å²) in [5.41, 5.74) is 0.289. The van der Waals surface area contributed by atoms with Gasteiger partial charge in [0.2, 0.25) is 15.9 Å². The predicted molar refractivity (Wildman–Crippen MR) is 143 cm³/mol. The normalized spacial score (nSPS) is 21.2. The molecule has 0 aliphatic carbocycles. The summed E-state index contributed by atoms with van der Waals surface area (Å²) < 4.78 is 60.9. The number of rotatable bonds is 6. The van der Waals surface area contributed by atoms with Gasteiger partial charge in [-0.1, -0.05) is 11.6 Å². The van der Waals surface area contributed by atoms with Crippen molar-refractivity contribution < 1.29 is 26.5 Å². The van der Waals surface area contributed by atoms with E-state index in [0.29, 0.717) is 18.9 Å². The first-order chi connectivity index (χ1) is 18.7. The number of amides is 1. The number of benzene rings is 1. The minimum absolute atomic E-state index is 0.0222. The summed E-state index contributed by atoms with van der Waals surface area (Å²) in [7, 11) is -3.95. The van der Waals surface area contributed by atoms with Gasteiger partial charge in [0, 0.05) is 49.8 Å². The molecule has 3 fully saturated rings. The third kappa shape index (κ3) is 6.10. The Hall–Kier alpha value is -2.63. The Labute approximate surface area is 228 Å². The highest BCUT2D eigenvalue weighted by Gasteiger charge is 2.38. The molecule has 0 spiro atoms. The van der Waals surface area contributed by atoms with E-state index in [4.69, 9.17) is 4.52 Å². The van der Waals surface area contributed by atoms with Crippen LogP contribution in [-0.2, 0) is 14.8 Å². The van der Waals surface area contributed by atoms with Crippen LogP contribution >= 0.6 is 0 Å². The van der Waals surface area contributed by atoms with Gasteiger partial charge in [0.15, 0.2) is 10.7 Å². The zero-order valence-corrected chi connectivity index (χ0v) is 23.1. The zero-order valence-electron chi connectivity index (χ0n) is 22.3. The Balaban J connectivity index is 1.19. The van der Waals surface area contributed by atoms with Gasteiger partial charge >= 0.3 is 0 Å². The summed E-state index contributed by atoms with van der Waals surface area (Å²) in [6, 6.07) is 3.70. The largest absolute Gasteiger partial charge is 0.355 e. The minimum atomic E-state index is -3.95. The summed E-state index contributed by atoms with van der Waals surface area (Å²) in [6.45, 7) is 5.85. The van der Waals surface area contributed by atoms with Gasteiger partial charge in [-0.2, -0.15) is 4.31 Å². The molecule has 5 rings (SSSR count). The zero-order chi connectivity index (χ0) is 27.6. The topological polar surface area (TPSA) is 87.0 Å². The van der Waals surface area contributed by atoms with Crippen molar-refractivity contribution in [2.24, 2.45) is 5.92 Å². The molecular formula is C28H36F2N4O4S. The van der Waals surface area contributed by atoms with Crippen LogP contribution in [0.2, 0.25) is 0 Å². The van der Waals surface area contributed by atoms with Crippen LogP contribution in [0.15, 0.2) is 27.6 Å². The van der Waals surface area contributed by atoms with Crippen molar-refractivity contribution in [3.05, 3.63) is 46.9 Å². The fourth-order valence-corrected chi connectivity index (χ4v) is 7.79. The van der Waals surface area contributed by atoms with Crippen molar-refractivity contribution in [3.8, 4) is 0 Å². The second-order valence-corrected chi connectivity index (χ2v) is 12.7. The van der Waals surface area contributed by atoms with Crippen LogP contribution in [0.1, 0.15) is 62.0 Å². The predicted octanol–water partition coefficient (Wildman–Crippen LogP) is 4.31. The number of carbonyl (C=O) groups excluding carboxylic acids is 1. The first kappa shape index (κ1) is 27.9. The number of aryl methyl sites for hydroxylation is 1. The van der Waals surface area contributed by atoms with Crippen LogP contribution in [0.3, 0.4) is 0 Å². The van der Waals surface area contributed by atoms with E-state index in [1.165, 1.54) is 48.7 Å². The van der Waals surface area contributed by atoms with Crippen LogP contribution in [0.4, 0.5) is 8.78 Å². The molecule has 0 N–H and O–H groups in total. The number of carbonyl (C=O) groups is 1. The van der Waals surface area contributed by atoms with Crippen molar-refractivity contribution in [1.82, 2.24) is 19.3 Å². The lowest BCUT2D eigenvalue weighted by atomic mass is 9.94. The summed E-state index contributed by atoms with van der Waals surface area (Å²) >= 11 is 0. The molecule has 1 aromatic heterocycles. The lowest BCUT2D eigenvalue weighted by Gasteiger charge is -2.41. The summed E-state index contributed by atoms with van der Waals surface area (Å²) in [4.78, 5) is 17.7. The Morgan fingerprint density at radius 1 is 0.974 bits per heavy atom. The van der Waals surface area contributed by atoms with Gasteiger partial charge in [-0.15, -0.1) is 0 Å². The van der Waals surface area contributed by atoms with Crippen molar-refractivity contribution in [1.29, 1.82) is 0 Å². The molecule has 0 saturated carbocycles. The SMILES string of the molecule is Cc1noc(C=Cc2ccc(F)cc2F)c1S(=O)(=O)N1CCC(C(=O)N2CCC(N3CCCCC3)CC2)CC1. The fourth-order valence-electron chi connectivity index (χ4n) is 6.07. The molecule has 1 amide bonds. The van der Waals surface area contributed by atoms with Crippen molar-refractivity contribution >= 4 is 28.1 Å². The summed E-state index contributed by atoms with van der Waals surface area (Å²) in [5, 5.41) is 3.82. The molecule has 212 valence electrons. The Kier molecular flexibility index (Phi) is 8.49. The van der Waals surface area contributed by atoms with Gasteiger partial charge in [-0.25, -0.2) is 17.2 Å². The number of aromatic nitrogens is 1. The molecule has 3 saturated heterocycles. The van der Waals surface area contributed by atoms with Gasteiger partial charge in [0.05, 0.1) is 0 Å². The number of hydrogen-bond acceptors (Lipinski definition) is 6. The highest BCUT2D eigenvalue weighted by molar-refractivity contribution is 7.89. The lowest BCUT2D eigenvalue weighted by Crippen LogP contribution is -2.50. The molecule has 4 heterocycles. The van der Waals surface area contributed by atoms with Gasteiger partial charge in [-0.3, -0.25) is 4.79 Å². The van der Waals surface area contributed by atoms with E-state index in [1.807, 2.05) is 4.90 Å². The maximum Gasteiger partial charge on any atom is 0.248 e. The molecule has 0 bridgehead atoms. The Morgan fingerprint density at radius 3 is 2.33 bits per heavy atom. The Morgan fingerprint density at radius 2 is 1.67 bits per heavy atom. The van der Waals surface area contributed by atoms with Crippen LogP contribution in [0.25, 0.3) is 12.2 Å². The molecule has 0 unspecified atom stereocenters.